The maximum Gasteiger partial charge on any atom is 0.310 e. The van der Waals surface area contributed by atoms with Gasteiger partial charge in [0.1, 0.15) is 18.5 Å². The highest BCUT2D eigenvalue weighted by Gasteiger charge is 2.28. The topological polar surface area (TPSA) is 110 Å². The van der Waals surface area contributed by atoms with E-state index in [1.54, 1.807) is 6.07 Å². The van der Waals surface area contributed by atoms with E-state index in [-0.39, 0.29) is 29.6 Å². The Kier molecular flexibility index (Phi) is 8.45. The predicted octanol–water partition coefficient (Wildman–Crippen LogP) is 3.35. The van der Waals surface area contributed by atoms with Crippen LogP contribution in [0.3, 0.4) is 0 Å². The molecule has 2 aliphatic rings. The first-order valence-corrected chi connectivity index (χ1v) is 11.5. The number of anilines is 1. The summed E-state index contributed by atoms with van der Waals surface area (Å²) in [5.41, 5.74) is 0.381. The first-order valence-electron chi connectivity index (χ1n) is 11.5. The number of carbonyl (C=O) groups is 1. The molecule has 0 spiro atoms. The maximum absolute atomic E-state index is 12.2. The van der Waals surface area contributed by atoms with E-state index in [0.717, 1.165) is 45.3 Å². The molecule has 9 heteroatoms. The van der Waals surface area contributed by atoms with Crippen molar-refractivity contribution in [3.63, 3.8) is 0 Å². The number of piperidine rings is 1. The molecule has 0 aromatic carbocycles. The number of nitrogens with one attached hydrogen (secondary N) is 2. The van der Waals surface area contributed by atoms with Gasteiger partial charge in [0.15, 0.2) is 0 Å². The summed E-state index contributed by atoms with van der Waals surface area (Å²) < 4.78 is 5.79. The van der Waals surface area contributed by atoms with E-state index in [9.17, 15) is 14.9 Å². The summed E-state index contributed by atoms with van der Waals surface area (Å²) in [5.74, 6) is 0.518. The monoisotopic (exact) mass is 433 g/mol. The number of pyridine rings is 1. The summed E-state index contributed by atoms with van der Waals surface area (Å²) >= 11 is 0. The minimum absolute atomic E-state index is 0.0153. The van der Waals surface area contributed by atoms with Crippen LogP contribution in [0, 0.1) is 16.0 Å². The summed E-state index contributed by atoms with van der Waals surface area (Å²) in [6.07, 6.45) is 8.14. The maximum atomic E-state index is 12.2. The molecule has 1 aliphatic carbocycles. The predicted molar refractivity (Wildman–Crippen MR) is 119 cm³/mol. The molecule has 172 valence electrons. The fraction of sp³-hybridized carbons (Fsp3) is 0.727. The molecule has 9 nitrogen and oxygen atoms in total. The van der Waals surface area contributed by atoms with Crippen LogP contribution in [0.2, 0.25) is 0 Å². The van der Waals surface area contributed by atoms with Crippen LogP contribution in [-0.4, -0.2) is 59.0 Å². The number of likely N-dealkylation sites (tertiary alicyclic amines) is 1. The van der Waals surface area contributed by atoms with Gasteiger partial charge in [0.05, 0.1) is 4.92 Å². The van der Waals surface area contributed by atoms with E-state index in [1.165, 1.54) is 25.5 Å². The second-order valence-electron chi connectivity index (χ2n) is 8.90. The molecule has 1 amide bonds. The Morgan fingerprint density at radius 2 is 1.97 bits per heavy atom. The summed E-state index contributed by atoms with van der Waals surface area (Å²) in [5, 5.41) is 17.7. The third-order valence-corrected chi connectivity index (χ3v) is 6.05. The van der Waals surface area contributed by atoms with Crippen LogP contribution in [0.15, 0.2) is 12.3 Å². The van der Waals surface area contributed by atoms with Gasteiger partial charge in [-0.2, -0.15) is 0 Å². The molecular formula is C22H35N5O4. The Morgan fingerprint density at radius 1 is 1.26 bits per heavy atom. The van der Waals surface area contributed by atoms with Gasteiger partial charge in [-0.3, -0.25) is 19.8 Å². The zero-order valence-corrected chi connectivity index (χ0v) is 18.6. The number of nitro groups is 1. The van der Waals surface area contributed by atoms with Gasteiger partial charge in [-0.15, -0.1) is 0 Å². The van der Waals surface area contributed by atoms with Gasteiger partial charge in [0, 0.05) is 30.6 Å². The van der Waals surface area contributed by atoms with Crippen molar-refractivity contribution in [2.75, 3.05) is 31.6 Å². The Labute approximate surface area is 184 Å². The third-order valence-electron chi connectivity index (χ3n) is 6.05. The highest BCUT2D eigenvalue weighted by Crippen LogP contribution is 2.32. The molecule has 1 saturated carbocycles. The zero-order valence-electron chi connectivity index (χ0n) is 18.6. The molecule has 2 N–H and O–H groups in total. The van der Waals surface area contributed by atoms with Crippen LogP contribution in [0.1, 0.15) is 58.8 Å². The van der Waals surface area contributed by atoms with Crippen molar-refractivity contribution in [2.45, 2.75) is 70.9 Å². The largest absolute Gasteiger partial charge is 0.476 e. The minimum atomic E-state index is -0.422. The van der Waals surface area contributed by atoms with Crippen LogP contribution in [-0.2, 0) is 4.79 Å². The van der Waals surface area contributed by atoms with Gasteiger partial charge < -0.3 is 15.4 Å². The van der Waals surface area contributed by atoms with Gasteiger partial charge >= 0.3 is 5.69 Å². The first kappa shape index (κ1) is 23.2. The molecule has 0 unspecified atom stereocenters. The van der Waals surface area contributed by atoms with E-state index in [1.807, 2.05) is 13.8 Å². The van der Waals surface area contributed by atoms with Crippen molar-refractivity contribution in [2.24, 2.45) is 5.92 Å². The molecule has 0 radical (unpaired) electrons. The Balaban J connectivity index is 1.54. The Hall–Kier alpha value is -2.42. The van der Waals surface area contributed by atoms with Crippen molar-refractivity contribution in [3.8, 4) is 5.88 Å². The lowest BCUT2D eigenvalue weighted by atomic mass is 9.85. The minimum Gasteiger partial charge on any atom is -0.476 e. The normalized spacial score (nSPS) is 22.2. The number of rotatable bonds is 9. The molecule has 2 heterocycles. The number of ether oxygens (including phenoxy) is 1. The van der Waals surface area contributed by atoms with Crippen molar-refractivity contribution >= 4 is 17.3 Å². The second kappa shape index (κ2) is 11.3. The second-order valence-corrected chi connectivity index (χ2v) is 8.90. The van der Waals surface area contributed by atoms with Gasteiger partial charge in [0.2, 0.25) is 11.8 Å². The molecular weight excluding hydrogens is 398 g/mol. The third kappa shape index (κ3) is 7.05. The van der Waals surface area contributed by atoms with Crippen LogP contribution >= 0.6 is 0 Å². The van der Waals surface area contributed by atoms with E-state index < -0.39 is 4.92 Å². The van der Waals surface area contributed by atoms with Crippen LogP contribution in [0.4, 0.5) is 11.4 Å². The molecule has 2 fully saturated rings. The smallest absolute Gasteiger partial charge is 0.310 e. The quantitative estimate of drug-likeness (QED) is 0.454. The zero-order chi connectivity index (χ0) is 22.2. The fourth-order valence-electron chi connectivity index (χ4n) is 4.35. The molecule has 1 aromatic rings. The molecule has 31 heavy (non-hydrogen) atoms. The van der Waals surface area contributed by atoms with E-state index in [0.29, 0.717) is 18.2 Å². The highest BCUT2D eigenvalue weighted by atomic mass is 16.6. The molecule has 1 aromatic heterocycles. The number of amides is 1. The van der Waals surface area contributed by atoms with Gasteiger partial charge in [-0.05, 0) is 65.5 Å². The van der Waals surface area contributed by atoms with Gasteiger partial charge in [0.25, 0.3) is 0 Å². The first-order chi connectivity index (χ1) is 14.9. The average Bonchev–Trinajstić information content (AvgIpc) is 2.74. The SMILES string of the molecule is CC(C)NC(=O)C1CCC(Nc2cc(OCCN3CCCCC3)ncc2[N+](=O)[O-])CC1. The summed E-state index contributed by atoms with van der Waals surface area (Å²) in [6.45, 7) is 7.47. The lowest BCUT2D eigenvalue weighted by Crippen LogP contribution is -2.38. The summed E-state index contributed by atoms with van der Waals surface area (Å²) in [7, 11) is 0. The Morgan fingerprint density at radius 3 is 2.61 bits per heavy atom. The lowest BCUT2D eigenvalue weighted by molar-refractivity contribution is -0.384. The van der Waals surface area contributed by atoms with E-state index in [2.05, 4.69) is 20.5 Å². The summed E-state index contributed by atoms with van der Waals surface area (Å²) in [6, 6.07) is 1.85. The molecule has 1 aliphatic heterocycles. The number of carbonyl (C=O) groups excluding carboxylic acids is 1. The van der Waals surface area contributed by atoms with Crippen molar-refractivity contribution in [1.82, 2.24) is 15.2 Å². The van der Waals surface area contributed by atoms with Crippen molar-refractivity contribution < 1.29 is 14.5 Å². The number of hydrogen-bond donors (Lipinski definition) is 2. The number of nitrogens with zero attached hydrogens (tertiary/aromatic N) is 3. The average molecular weight is 434 g/mol. The lowest BCUT2D eigenvalue weighted by Gasteiger charge is -2.29. The van der Waals surface area contributed by atoms with Crippen LogP contribution in [0.25, 0.3) is 0 Å². The van der Waals surface area contributed by atoms with E-state index in [4.69, 9.17) is 4.74 Å². The van der Waals surface area contributed by atoms with E-state index >= 15 is 0 Å². The Bertz CT molecular complexity index is 743. The number of hydrogen-bond acceptors (Lipinski definition) is 7. The summed E-state index contributed by atoms with van der Waals surface area (Å²) in [4.78, 5) is 29.8. The molecule has 3 rings (SSSR count). The van der Waals surface area contributed by atoms with Gasteiger partial charge in [-0.1, -0.05) is 6.42 Å². The van der Waals surface area contributed by atoms with Crippen molar-refractivity contribution in [3.05, 3.63) is 22.4 Å². The highest BCUT2D eigenvalue weighted by molar-refractivity contribution is 5.79. The van der Waals surface area contributed by atoms with Crippen LogP contribution in [0.5, 0.6) is 5.88 Å². The molecule has 0 bridgehead atoms. The van der Waals surface area contributed by atoms with Gasteiger partial charge in [-0.25, -0.2) is 4.98 Å². The molecule has 0 atom stereocenters. The fourth-order valence-corrected chi connectivity index (χ4v) is 4.35. The molecule has 1 saturated heterocycles. The van der Waals surface area contributed by atoms with Crippen LogP contribution < -0.4 is 15.4 Å². The standard InChI is InChI=1S/C22H35N5O4/c1-16(2)24-22(28)17-6-8-18(9-7-17)25-19-14-21(23-15-20(19)27(29)30)31-13-12-26-10-4-3-5-11-26/h14-18H,3-13H2,1-2H3,(H,23,25)(H,24,28). The number of aromatic nitrogens is 1. The van der Waals surface area contributed by atoms with Crippen molar-refractivity contribution in [1.29, 1.82) is 0 Å².